The van der Waals surface area contributed by atoms with Crippen molar-refractivity contribution >= 4 is 38.4 Å². The van der Waals surface area contributed by atoms with Crippen molar-refractivity contribution < 1.29 is 17.2 Å². The molecule has 0 fully saturated rings. The van der Waals surface area contributed by atoms with Gasteiger partial charge in [0.05, 0.1) is 15.5 Å². The first-order chi connectivity index (χ1) is 6.87. The Morgan fingerprint density at radius 2 is 2.13 bits per heavy atom. The molecule has 4 nitrogen and oxygen atoms in total. The molecule has 0 saturated heterocycles. The first kappa shape index (κ1) is 12.6. The van der Waals surface area contributed by atoms with Gasteiger partial charge in [0.15, 0.2) is 17.5 Å². The molecule has 1 N–H and O–H groups in total. The van der Waals surface area contributed by atoms with Crippen molar-refractivity contribution in [2.24, 2.45) is 0 Å². The van der Waals surface area contributed by atoms with Crippen molar-refractivity contribution in [3.63, 3.8) is 0 Å². The zero-order valence-corrected chi connectivity index (χ0v) is 10.6. The predicted octanol–water partition coefficient (Wildman–Crippen LogP) is 1.73. The third kappa shape index (κ3) is 2.97. The van der Waals surface area contributed by atoms with Crippen LogP contribution in [0.2, 0.25) is 0 Å². The fourth-order valence-corrected chi connectivity index (χ4v) is 1.71. The maximum atomic E-state index is 13.3. The van der Waals surface area contributed by atoms with Gasteiger partial charge in [0.25, 0.3) is 0 Å². The SMILES string of the molecule is CCS(=O)(=O)Nc1ncc(F)c(I)c1F. The van der Waals surface area contributed by atoms with Crippen LogP contribution in [0.15, 0.2) is 6.20 Å². The number of nitrogens with one attached hydrogen (secondary N) is 1. The third-order valence-electron chi connectivity index (χ3n) is 1.55. The Bertz CT molecular complexity index is 478. The molecular formula is C7H7F2IN2O2S. The van der Waals surface area contributed by atoms with E-state index in [1.165, 1.54) is 29.5 Å². The summed E-state index contributed by atoms with van der Waals surface area (Å²) >= 11 is 1.43. The molecule has 0 aliphatic rings. The van der Waals surface area contributed by atoms with Crippen molar-refractivity contribution in [3.8, 4) is 0 Å². The molecule has 84 valence electrons. The number of anilines is 1. The number of sulfonamides is 1. The molecule has 0 aliphatic carbocycles. The van der Waals surface area contributed by atoms with Crippen LogP contribution in [0.4, 0.5) is 14.6 Å². The van der Waals surface area contributed by atoms with Crippen molar-refractivity contribution in [2.75, 3.05) is 10.5 Å². The van der Waals surface area contributed by atoms with Gasteiger partial charge in [0.2, 0.25) is 10.0 Å². The van der Waals surface area contributed by atoms with E-state index in [0.717, 1.165) is 6.20 Å². The molecule has 8 heteroatoms. The largest absolute Gasteiger partial charge is 0.265 e. The standard InChI is InChI=1S/C7H7F2IN2O2S/c1-2-15(13,14)12-7-5(9)6(10)4(8)3-11-7/h3H,2H2,1H3,(H,11,12). The Morgan fingerprint density at radius 1 is 1.53 bits per heavy atom. The molecule has 1 rings (SSSR count). The highest BCUT2D eigenvalue weighted by atomic mass is 127. The van der Waals surface area contributed by atoms with Gasteiger partial charge in [0.1, 0.15) is 0 Å². The summed E-state index contributed by atoms with van der Waals surface area (Å²) in [6, 6.07) is 0. The van der Waals surface area contributed by atoms with Crippen LogP contribution >= 0.6 is 22.6 Å². The predicted molar refractivity (Wildman–Crippen MR) is 60.0 cm³/mol. The van der Waals surface area contributed by atoms with Gasteiger partial charge in [-0.25, -0.2) is 22.2 Å². The average molecular weight is 348 g/mol. The first-order valence-electron chi connectivity index (χ1n) is 3.87. The van der Waals surface area contributed by atoms with Crippen molar-refractivity contribution in [2.45, 2.75) is 6.92 Å². The lowest BCUT2D eigenvalue weighted by molar-refractivity contribution is 0.562. The molecule has 0 atom stereocenters. The second kappa shape index (κ2) is 4.56. The topological polar surface area (TPSA) is 59.1 Å². The molecule has 0 amide bonds. The van der Waals surface area contributed by atoms with E-state index < -0.39 is 27.5 Å². The van der Waals surface area contributed by atoms with Crippen molar-refractivity contribution in [1.29, 1.82) is 0 Å². The number of hydrogen-bond acceptors (Lipinski definition) is 3. The number of pyridine rings is 1. The summed E-state index contributed by atoms with van der Waals surface area (Å²) in [7, 11) is -3.60. The highest BCUT2D eigenvalue weighted by Gasteiger charge is 2.16. The van der Waals surface area contributed by atoms with Crippen LogP contribution in [-0.4, -0.2) is 19.2 Å². The van der Waals surface area contributed by atoms with Gasteiger partial charge in [-0.3, -0.25) is 4.72 Å². The molecule has 0 spiro atoms. The second-order valence-corrected chi connectivity index (χ2v) is 5.68. The van der Waals surface area contributed by atoms with Crippen LogP contribution < -0.4 is 4.72 Å². The van der Waals surface area contributed by atoms with Gasteiger partial charge in [-0.1, -0.05) is 0 Å². The molecule has 0 radical (unpaired) electrons. The Kier molecular flexibility index (Phi) is 3.82. The zero-order valence-electron chi connectivity index (χ0n) is 7.59. The molecule has 1 aromatic rings. The minimum absolute atomic E-state index is 0.206. The van der Waals surface area contributed by atoms with E-state index >= 15 is 0 Å². The highest BCUT2D eigenvalue weighted by Crippen LogP contribution is 2.20. The van der Waals surface area contributed by atoms with E-state index in [1.54, 1.807) is 0 Å². The maximum Gasteiger partial charge on any atom is 0.233 e. The van der Waals surface area contributed by atoms with Crippen molar-refractivity contribution in [1.82, 2.24) is 4.98 Å². The number of halogens is 3. The zero-order chi connectivity index (χ0) is 11.6. The summed E-state index contributed by atoms with van der Waals surface area (Å²) in [5.41, 5.74) is 0. The minimum Gasteiger partial charge on any atom is -0.265 e. The van der Waals surface area contributed by atoms with Gasteiger partial charge < -0.3 is 0 Å². The van der Waals surface area contributed by atoms with Crippen LogP contribution in [0.3, 0.4) is 0 Å². The van der Waals surface area contributed by atoms with Crippen LogP contribution in [0.25, 0.3) is 0 Å². The number of nitrogens with zero attached hydrogens (tertiary/aromatic N) is 1. The number of rotatable bonds is 3. The lowest BCUT2D eigenvalue weighted by atomic mass is 10.4. The van der Waals surface area contributed by atoms with Crippen LogP contribution in [0.1, 0.15) is 6.92 Å². The molecule has 1 heterocycles. The number of aromatic nitrogens is 1. The Labute approximate surface area is 99.3 Å². The van der Waals surface area contributed by atoms with Crippen LogP contribution in [0, 0.1) is 15.2 Å². The fourth-order valence-electron chi connectivity index (χ4n) is 0.734. The van der Waals surface area contributed by atoms with E-state index in [9.17, 15) is 17.2 Å². The lowest BCUT2D eigenvalue weighted by Crippen LogP contribution is -2.17. The van der Waals surface area contributed by atoms with Crippen LogP contribution in [0.5, 0.6) is 0 Å². The summed E-state index contributed by atoms with van der Waals surface area (Å²) < 4.78 is 49.9. The van der Waals surface area contributed by atoms with Gasteiger partial charge in [-0.15, -0.1) is 0 Å². The monoisotopic (exact) mass is 348 g/mol. The van der Waals surface area contributed by atoms with E-state index in [1.807, 2.05) is 4.72 Å². The summed E-state index contributed by atoms with van der Waals surface area (Å²) in [5.74, 6) is -2.52. The van der Waals surface area contributed by atoms with Crippen molar-refractivity contribution in [3.05, 3.63) is 21.4 Å². The number of hydrogen-bond donors (Lipinski definition) is 1. The normalized spacial score (nSPS) is 11.5. The Morgan fingerprint density at radius 3 is 2.67 bits per heavy atom. The van der Waals surface area contributed by atoms with E-state index in [2.05, 4.69) is 4.98 Å². The van der Waals surface area contributed by atoms with Gasteiger partial charge in [0, 0.05) is 0 Å². The Balaban J connectivity index is 3.13. The second-order valence-electron chi connectivity index (χ2n) is 2.59. The summed E-state index contributed by atoms with van der Waals surface area (Å²) in [5, 5.41) is 0. The molecule has 0 aliphatic heterocycles. The molecule has 1 aromatic heterocycles. The molecule has 0 bridgehead atoms. The Hall–Kier alpha value is -0.510. The molecule has 15 heavy (non-hydrogen) atoms. The highest BCUT2D eigenvalue weighted by molar-refractivity contribution is 14.1. The summed E-state index contributed by atoms with van der Waals surface area (Å²) in [4.78, 5) is 3.33. The van der Waals surface area contributed by atoms with Gasteiger partial charge in [-0.2, -0.15) is 0 Å². The summed E-state index contributed by atoms with van der Waals surface area (Å²) in [6.45, 7) is 1.40. The minimum atomic E-state index is -3.60. The first-order valence-corrected chi connectivity index (χ1v) is 6.60. The van der Waals surface area contributed by atoms with E-state index in [-0.39, 0.29) is 9.32 Å². The maximum absolute atomic E-state index is 13.3. The molecule has 0 aromatic carbocycles. The third-order valence-corrected chi connectivity index (χ3v) is 3.80. The van der Waals surface area contributed by atoms with E-state index in [4.69, 9.17) is 0 Å². The fraction of sp³-hybridized carbons (Fsp3) is 0.286. The molecule has 0 saturated carbocycles. The summed E-state index contributed by atoms with van der Waals surface area (Å²) in [6.07, 6.45) is 0.762. The lowest BCUT2D eigenvalue weighted by Gasteiger charge is -2.06. The molecular weight excluding hydrogens is 341 g/mol. The smallest absolute Gasteiger partial charge is 0.233 e. The average Bonchev–Trinajstić information content (AvgIpc) is 2.19. The molecule has 0 unspecified atom stereocenters. The quantitative estimate of drug-likeness (QED) is 0.847. The van der Waals surface area contributed by atoms with E-state index in [0.29, 0.717) is 0 Å². The van der Waals surface area contributed by atoms with Gasteiger partial charge >= 0.3 is 0 Å². The van der Waals surface area contributed by atoms with Crippen LogP contribution in [-0.2, 0) is 10.0 Å². The van der Waals surface area contributed by atoms with Gasteiger partial charge in [-0.05, 0) is 29.5 Å².